The molecular formula is C78H104F2N18O8S. The molecule has 9 aromatic heterocycles. The Balaban J connectivity index is 0.000000135. The van der Waals surface area contributed by atoms with Crippen LogP contribution in [0.5, 0.6) is 0 Å². The van der Waals surface area contributed by atoms with Crippen LogP contribution < -0.4 is 30.5 Å². The van der Waals surface area contributed by atoms with Gasteiger partial charge in [-0.1, -0.05) is 12.8 Å². The van der Waals surface area contributed by atoms with E-state index in [1.54, 1.807) is 37.9 Å². The average molecular weight is 1490 g/mol. The zero-order valence-corrected chi connectivity index (χ0v) is 63.2. The van der Waals surface area contributed by atoms with Gasteiger partial charge < -0.3 is 55.3 Å². The number of nitrogens with one attached hydrogen (secondary N) is 4. The molecule has 0 radical (unpaired) electrons. The van der Waals surface area contributed by atoms with Gasteiger partial charge in [0.25, 0.3) is 10.0 Å². The Labute approximate surface area is 624 Å². The Morgan fingerprint density at radius 1 is 0.495 bits per heavy atom. The first-order chi connectivity index (χ1) is 51.7. The highest BCUT2D eigenvalue weighted by molar-refractivity contribution is 7.89. The highest BCUT2D eigenvalue weighted by atomic mass is 32.2. The van der Waals surface area contributed by atoms with E-state index in [0.717, 1.165) is 147 Å². The maximum atomic E-state index is 12.4. The van der Waals surface area contributed by atoms with Gasteiger partial charge in [0, 0.05) is 140 Å². The van der Waals surface area contributed by atoms with Crippen LogP contribution >= 0.6 is 0 Å². The van der Waals surface area contributed by atoms with Gasteiger partial charge in [0.1, 0.15) is 11.6 Å². The normalized spacial score (nSPS) is 22.8. The van der Waals surface area contributed by atoms with Crippen molar-refractivity contribution in [2.75, 3.05) is 93.0 Å². The molecule has 29 heteroatoms. The Morgan fingerprint density at radius 2 is 0.897 bits per heavy atom. The number of anilines is 5. The third-order valence-corrected chi connectivity index (χ3v) is 24.8. The number of nitrogens with zero attached hydrogens (tertiary/aromatic N) is 14. The molecule has 16 rings (SSSR count). The van der Waals surface area contributed by atoms with Gasteiger partial charge in [-0.3, -0.25) is 0 Å². The lowest BCUT2D eigenvalue weighted by atomic mass is 9.63. The number of pyridine rings is 3. The van der Waals surface area contributed by atoms with Gasteiger partial charge in [0.2, 0.25) is 17.8 Å². The van der Waals surface area contributed by atoms with Gasteiger partial charge in [0.15, 0.2) is 5.03 Å². The van der Waals surface area contributed by atoms with Crippen LogP contribution in [0.4, 0.5) is 38.3 Å². The summed E-state index contributed by atoms with van der Waals surface area (Å²) in [4.78, 5) is 32.1. The number of rotatable bonds is 23. The summed E-state index contributed by atoms with van der Waals surface area (Å²) in [7, 11) is 1.06. The van der Waals surface area contributed by atoms with Gasteiger partial charge >= 0.3 is 6.61 Å². The summed E-state index contributed by atoms with van der Waals surface area (Å²) in [5.74, 6) is 4.48. The Bertz CT molecular complexity index is 4590. The fourth-order valence-electron chi connectivity index (χ4n) is 17.1. The van der Waals surface area contributed by atoms with Crippen LogP contribution in [0, 0.1) is 10.8 Å². The molecule has 0 bridgehead atoms. The maximum Gasteiger partial charge on any atom is 0.345 e. The number of aliphatic hydroxyl groups excluding tert-OH is 3. The molecule has 574 valence electrons. The summed E-state index contributed by atoms with van der Waals surface area (Å²) >= 11 is 0. The molecular weight excluding hydrogens is 1390 g/mol. The number of ether oxygens (including phenoxy) is 3. The number of hydrogen-bond donors (Lipinski definition) is 7. The summed E-state index contributed by atoms with van der Waals surface area (Å²) in [6.07, 6.45) is 31.3. The van der Waals surface area contributed by atoms with Gasteiger partial charge in [-0.15, -0.1) is 15.3 Å². The average Bonchev–Trinajstić information content (AvgIpc) is 1.35. The molecule has 7 fully saturated rings. The number of halogens is 2. The molecule has 0 unspecified atom stereocenters. The molecule has 9 aromatic rings. The molecule has 11 heterocycles. The molecule has 2 aliphatic heterocycles. The van der Waals surface area contributed by atoms with Crippen molar-refractivity contribution in [2.24, 2.45) is 10.8 Å². The largest absolute Gasteiger partial charge is 0.393 e. The fourth-order valence-corrected chi connectivity index (χ4v) is 17.7. The number of alkyl halides is 2. The van der Waals surface area contributed by atoms with E-state index in [4.69, 9.17) is 29.6 Å². The number of piperidine rings is 1. The predicted molar refractivity (Wildman–Crippen MR) is 408 cm³/mol. The monoisotopic (exact) mass is 1490 g/mol. The highest BCUT2D eigenvalue weighted by Gasteiger charge is 2.48. The van der Waals surface area contributed by atoms with E-state index >= 15 is 0 Å². The molecule has 107 heavy (non-hydrogen) atoms. The number of fused-ring (bicyclic) bond motifs is 3. The number of sulfonamides is 1. The Hall–Kier alpha value is -8.16. The second kappa shape index (κ2) is 33.0. The van der Waals surface area contributed by atoms with E-state index in [1.165, 1.54) is 82.1 Å². The van der Waals surface area contributed by atoms with E-state index < -0.39 is 22.7 Å². The summed E-state index contributed by atoms with van der Waals surface area (Å²) in [5, 5.41) is 54.2. The van der Waals surface area contributed by atoms with Crippen molar-refractivity contribution < 1.29 is 46.7 Å². The van der Waals surface area contributed by atoms with Crippen LogP contribution in [-0.2, 0) is 24.2 Å². The van der Waals surface area contributed by atoms with Crippen molar-refractivity contribution in [3.05, 3.63) is 109 Å². The zero-order valence-electron chi connectivity index (χ0n) is 62.3. The first kappa shape index (κ1) is 75.6. The van der Waals surface area contributed by atoms with Gasteiger partial charge in [-0.2, -0.15) is 8.78 Å². The van der Waals surface area contributed by atoms with Gasteiger partial charge in [0.05, 0.1) is 73.3 Å². The van der Waals surface area contributed by atoms with Crippen LogP contribution in [0.15, 0.2) is 96.8 Å². The summed E-state index contributed by atoms with van der Waals surface area (Å²) in [5.41, 5.74) is 13.3. The molecule has 2 saturated heterocycles. The van der Waals surface area contributed by atoms with E-state index in [2.05, 4.69) is 120 Å². The van der Waals surface area contributed by atoms with E-state index in [-0.39, 0.29) is 53.9 Å². The molecule has 3 atom stereocenters. The van der Waals surface area contributed by atoms with E-state index in [0.29, 0.717) is 71.7 Å². The first-order valence-electron chi connectivity index (χ1n) is 38.4. The lowest BCUT2D eigenvalue weighted by molar-refractivity contribution is -0.130. The van der Waals surface area contributed by atoms with E-state index in [9.17, 15) is 32.5 Å². The summed E-state index contributed by atoms with van der Waals surface area (Å²) in [6.45, 7) is 8.38. The SMILES string of the molecule is CNS(=O)(=O)c1ccc(-c2cc(C3CCC(O)CC3)n3nc(N[C@@H](C)COC(F)F)ncc23)cn1.COC[C@H](C)Nc1ncc2c(-c3ccnc(N4CC5(CCC5)C4)c3)cc(C3CCC(O)CC3)n2n1.COC[C@H](C)Nc1ncc2c(-c3ccnc(N4CCC5(CCC5)CC4)c3)cc(C3CCC(O)CC3)n2n1. The lowest BCUT2D eigenvalue weighted by Crippen LogP contribution is -2.60. The summed E-state index contributed by atoms with van der Waals surface area (Å²) < 4.78 is 71.8. The Kier molecular flexibility index (Phi) is 23.3. The standard InChI is InChI=1S/C29H40N6O2.C27H36N6O2.C22H28F2N6O4S/c1-20(19-37-2)32-28-31-18-26-24(17-25(35(26)33-28)21-4-6-23(36)7-5-21)22-8-13-30-27(16-22)34-14-11-29(12-15-34)9-3-10-29;1-18(15-35-2)30-26-29-14-24-22(13-23(33(24)31-26)19-4-6-21(34)7-5-19)20-8-11-28-25(12-20)32-16-27(17-32)9-3-10-27;1-13(12-34-21(23)24)28-22-27-11-19-17(15-5-8-20(26-10-15)35(32,33)25-2)9-18(30(19)29-22)14-3-6-16(31)7-4-14/h8,13,16-18,20-21,23,36H,3-7,9-12,14-15,19H2,1-2H3,(H,32,33);8,11-14,18-19,21,34H,3-7,9-10,15-17H2,1-2H3,(H,30,31);5,8-11,13-14,16,21,25,31H,3-4,6-7,12H2,1-2H3,(H,28,29)/t20-,21?,23?;18-,19?,21?;13-,14?,16?/m000/s1. The second-order valence-corrected chi connectivity index (χ2v) is 33.0. The zero-order chi connectivity index (χ0) is 74.6. The second-order valence-electron chi connectivity index (χ2n) is 31.2. The molecule has 0 aromatic carbocycles. The molecule has 7 N–H and O–H groups in total. The first-order valence-corrected chi connectivity index (χ1v) is 39.9. The molecule has 7 aliphatic rings. The molecule has 2 spiro atoms. The van der Waals surface area contributed by atoms with Crippen molar-refractivity contribution in [2.45, 2.75) is 215 Å². The highest BCUT2D eigenvalue weighted by Crippen LogP contribution is 2.51. The van der Waals surface area contributed by atoms with Crippen molar-refractivity contribution >= 4 is 56.1 Å². The van der Waals surface area contributed by atoms with Crippen molar-refractivity contribution in [1.82, 2.24) is 63.5 Å². The van der Waals surface area contributed by atoms with Gasteiger partial charge in [-0.05, 0) is 215 Å². The fraction of sp³-hybridized carbons (Fsp3) is 0.577. The van der Waals surface area contributed by atoms with Crippen LogP contribution in [0.3, 0.4) is 0 Å². The Morgan fingerprint density at radius 3 is 1.26 bits per heavy atom. The lowest BCUT2D eigenvalue weighted by Gasteiger charge is -2.56. The maximum absolute atomic E-state index is 12.4. The third kappa shape index (κ3) is 17.2. The minimum atomic E-state index is -3.66. The smallest absolute Gasteiger partial charge is 0.345 e. The predicted octanol–water partition coefficient (Wildman–Crippen LogP) is 12.0. The van der Waals surface area contributed by atoms with Crippen molar-refractivity contribution in [3.8, 4) is 33.4 Å². The third-order valence-electron chi connectivity index (χ3n) is 23.5. The van der Waals surface area contributed by atoms with Crippen LogP contribution in [0.2, 0.25) is 0 Å². The molecule has 5 aliphatic carbocycles. The minimum Gasteiger partial charge on any atom is -0.393 e. The van der Waals surface area contributed by atoms with E-state index in [1.807, 2.05) is 30.9 Å². The van der Waals surface area contributed by atoms with Crippen molar-refractivity contribution in [1.29, 1.82) is 0 Å². The molecule has 5 saturated carbocycles. The number of aromatic nitrogens is 12. The number of methoxy groups -OCH3 is 2. The number of aliphatic hydroxyl groups is 3. The van der Waals surface area contributed by atoms with Crippen LogP contribution in [0.1, 0.15) is 184 Å². The molecule has 0 amide bonds. The quantitative estimate of drug-likeness (QED) is 0.0313. The topological polar surface area (TPSA) is 306 Å². The summed E-state index contributed by atoms with van der Waals surface area (Å²) in [6, 6.07) is 18.1. The van der Waals surface area contributed by atoms with Crippen LogP contribution in [-0.4, -0.2) is 193 Å². The van der Waals surface area contributed by atoms with Crippen molar-refractivity contribution in [3.63, 3.8) is 0 Å². The van der Waals surface area contributed by atoms with Gasteiger partial charge in [-0.25, -0.2) is 56.6 Å². The minimum absolute atomic E-state index is 0.0866. The number of hydrogen-bond acceptors (Lipinski definition) is 22. The van der Waals surface area contributed by atoms with Crippen LogP contribution in [0.25, 0.3) is 49.9 Å². The molecule has 26 nitrogen and oxygen atoms in total.